The van der Waals surface area contributed by atoms with E-state index in [9.17, 15) is 14.4 Å². The molecule has 0 saturated carbocycles. The smallest absolute Gasteiger partial charge is 0.355 e. The summed E-state index contributed by atoms with van der Waals surface area (Å²) in [5, 5.41) is 1.62. The van der Waals surface area contributed by atoms with Gasteiger partial charge in [0.15, 0.2) is 0 Å². The lowest BCUT2D eigenvalue weighted by Gasteiger charge is -2.38. The van der Waals surface area contributed by atoms with E-state index in [1.54, 1.807) is 23.9 Å². The molecule has 8 nitrogen and oxygen atoms in total. The molecule has 126 valence electrons. The molecule has 1 N–H and O–H groups in total. The fraction of sp³-hybridized carbons (Fsp3) is 0.438. The first-order chi connectivity index (χ1) is 11.5. The van der Waals surface area contributed by atoms with Crippen molar-refractivity contribution in [3.05, 3.63) is 24.3 Å². The van der Waals surface area contributed by atoms with Gasteiger partial charge >= 0.3 is 5.97 Å². The molecular formula is C16H18N4O4. The molecule has 3 aliphatic heterocycles. The van der Waals surface area contributed by atoms with Gasteiger partial charge in [-0.15, -0.1) is 0 Å². The molecule has 4 rings (SSSR count). The molecular weight excluding hydrogens is 312 g/mol. The number of anilines is 2. The molecule has 0 spiro atoms. The van der Waals surface area contributed by atoms with Crippen LogP contribution in [0.15, 0.2) is 24.3 Å². The topological polar surface area (TPSA) is 82.2 Å². The van der Waals surface area contributed by atoms with Crippen LogP contribution in [0.1, 0.15) is 6.92 Å². The summed E-state index contributed by atoms with van der Waals surface area (Å²) in [6.45, 7) is 1.91. The third kappa shape index (κ3) is 1.44. The normalized spacial score (nSPS) is 30.5. The molecule has 1 aromatic carbocycles. The second-order valence-corrected chi connectivity index (χ2v) is 6.15. The highest BCUT2D eigenvalue weighted by Crippen LogP contribution is 2.52. The minimum absolute atomic E-state index is 0.188. The number of likely N-dealkylation sites (N-methyl/N-ethyl adjacent to an activating group) is 2. The summed E-state index contributed by atoms with van der Waals surface area (Å²) in [7, 11) is 3.19. The molecule has 0 radical (unpaired) electrons. The van der Waals surface area contributed by atoms with Gasteiger partial charge in [-0.3, -0.25) is 19.5 Å². The molecule has 24 heavy (non-hydrogen) atoms. The van der Waals surface area contributed by atoms with Crippen molar-refractivity contribution in [2.45, 2.75) is 18.6 Å². The quantitative estimate of drug-likeness (QED) is 0.589. The number of para-hydroxylation sites is 2. The van der Waals surface area contributed by atoms with Crippen molar-refractivity contribution < 1.29 is 19.1 Å². The van der Waals surface area contributed by atoms with E-state index in [0.717, 1.165) is 16.3 Å². The average Bonchev–Trinajstić information content (AvgIpc) is 3.13. The van der Waals surface area contributed by atoms with E-state index in [0.29, 0.717) is 0 Å². The largest absolute Gasteiger partial charge is 0.463 e. The number of hydrogen-bond donors (Lipinski definition) is 1. The van der Waals surface area contributed by atoms with E-state index in [4.69, 9.17) is 4.74 Å². The van der Waals surface area contributed by atoms with Gasteiger partial charge < -0.3 is 9.64 Å². The molecule has 3 heterocycles. The first-order valence-electron chi connectivity index (χ1n) is 7.84. The fourth-order valence-corrected chi connectivity index (χ4v) is 4.05. The molecule has 0 bridgehead atoms. The molecule has 0 aliphatic carbocycles. The molecule has 0 aromatic heterocycles. The van der Waals surface area contributed by atoms with Crippen LogP contribution in [0.3, 0.4) is 0 Å². The summed E-state index contributed by atoms with van der Waals surface area (Å²) < 4.78 is 5.31. The van der Waals surface area contributed by atoms with E-state index in [2.05, 4.69) is 5.43 Å². The van der Waals surface area contributed by atoms with Gasteiger partial charge in [-0.05, 0) is 19.1 Å². The van der Waals surface area contributed by atoms with Gasteiger partial charge in [-0.2, -0.15) is 0 Å². The molecule has 2 saturated heterocycles. The zero-order chi connectivity index (χ0) is 17.2. The number of ether oxygens (including phenoxy) is 1. The minimum Gasteiger partial charge on any atom is -0.463 e. The zero-order valence-corrected chi connectivity index (χ0v) is 13.6. The van der Waals surface area contributed by atoms with Crippen molar-refractivity contribution in [1.29, 1.82) is 0 Å². The fourth-order valence-electron chi connectivity index (χ4n) is 4.05. The summed E-state index contributed by atoms with van der Waals surface area (Å²) in [4.78, 5) is 41.0. The summed E-state index contributed by atoms with van der Waals surface area (Å²) in [5.74, 6) is -2.13. The van der Waals surface area contributed by atoms with Crippen molar-refractivity contribution in [2.24, 2.45) is 5.92 Å². The predicted octanol–water partition coefficient (Wildman–Crippen LogP) is -0.296. The van der Waals surface area contributed by atoms with Crippen molar-refractivity contribution in [2.75, 3.05) is 30.6 Å². The van der Waals surface area contributed by atoms with Crippen LogP contribution in [0.25, 0.3) is 0 Å². The predicted molar refractivity (Wildman–Crippen MR) is 84.9 cm³/mol. The Morgan fingerprint density at radius 3 is 2.54 bits per heavy atom. The van der Waals surface area contributed by atoms with Crippen LogP contribution in [0.4, 0.5) is 11.4 Å². The molecule has 2 fully saturated rings. The Hall–Kier alpha value is -2.61. The molecule has 2 amide bonds. The molecule has 0 unspecified atom stereocenters. The number of carbonyl (C=O) groups excluding carboxylic acids is 3. The van der Waals surface area contributed by atoms with Gasteiger partial charge in [0.2, 0.25) is 17.5 Å². The second kappa shape index (κ2) is 4.70. The third-order valence-corrected chi connectivity index (χ3v) is 5.14. The van der Waals surface area contributed by atoms with Crippen LogP contribution >= 0.6 is 0 Å². The molecule has 8 heteroatoms. The van der Waals surface area contributed by atoms with Crippen LogP contribution < -0.4 is 15.3 Å². The summed E-state index contributed by atoms with van der Waals surface area (Å²) in [6, 6.07) is 6.65. The SMILES string of the molecule is CCOC(=O)[C@]12[C@@H]3C(=O)N(C)C(=O)[C@@H]3NN1c1ccccc1N2C. The Morgan fingerprint density at radius 2 is 1.88 bits per heavy atom. The number of nitrogens with zero attached hydrogens (tertiary/aromatic N) is 3. The highest BCUT2D eigenvalue weighted by atomic mass is 16.5. The number of nitrogens with one attached hydrogen (secondary N) is 1. The van der Waals surface area contributed by atoms with E-state index < -0.39 is 23.6 Å². The van der Waals surface area contributed by atoms with Gasteiger partial charge in [0.1, 0.15) is 12.0 Å². The number of hydrogen-bond acceptors (Lipinski definition) is 7. The lowest BCUT2D eigenvalue weighted by Crippen LogP contribution is -2.65. The van der Waals surface area contributed by atoms with Gasteiger partial charge in [0, 0.05) is 14.1 Å². The number of carbonyl (C=O) groups is 3. The van der Waals surface area contributed by atoms with Gasteiger partial charge in [-0.25, -0.2) is 10.2 Å². The summed E-state index contributed by atoms with van der Waals surface area (Å²) >= 11 is 0. The maximum absolute atomic E-state index is 13.0. The summed E-state index contributed by atoms with van der Waals surface area (Å²) in [5.41, 5.74) is 3.21. The Kier molecular flexibility index (Phi) is 2.93. The number of rotatable bonds is 2. The Labute approximate surface area is 138 Å². The van der Waals surface area contributed by atoms with Crippen molar-refractivity contribution >= 4 is 29.2 Å². The number of imide groups is 1. The molecule has 3 aliphatic rings. The number of likely N-dealkylation sites (tertiary alicyclic amines) is 1. The van der Waals surface area contributed by atoms with Crippen LogP contribution in [0, 0.1) is 5.92 Å². The number of esters is 1. The molecule has 1 aromatic rings. The molecule has 3 atom stereocenters. The first-order valence-corrected chi connectivity index (χ1v) is 7.84. The van der Waals surface area contributed by atoms with E-state index in [-0.39, 0.29) is 18.4 Å². The minimum atomic E-state index is -1.40. The number of hydrazine groups is 1. The van der Waals surface area contributed by atoms with Crippen molar-refractivity contribution in [1.82, 2.24) is 10.3 Å². The van der Waals surface area contributed by atoms with Crippen LogP contribution in [0.2, 0.25) is 0 Å². The van der Waals surface area contributed by atoms with Crippen LogP contribution in [-0.2, 0) is 19.1 Å². The average molecular weight is 330 g/mol. The van der Waals surface area contributed by atoms with Crippen LogP contribution in [0.5, 0.6) is 0 Å². The highest BCUT2D eigenvalue weighted by molar-refractivity contribution is 6.14. The van der Waals surface area contributed by atoms with Gasteiger partial charge in [0.25, 0.3) is 0 Å². The second-order valence-electron chi connectivity index (χ2n) is 6.15. The monoisotopic (exact) mass is 330 g/mol. The zero-order valence-electron chi connectivity index (χ0n) is 13.6. The van der Waals surface area contributed by atoms with Crippen molar-refractivity contribution in [3.8, 4) is 0 Å². The van der Waals surface area contributed by atoms with E-state index >= 15 is 0 Å². The number of amides is 2. The Bertz CT molecular complexity index is 766. The highest BCUT2D eigenvalue weighted by Gasteiger charge is 2.73. The lowest BCUT2D eigenvalue weighted by molar-refractivity contribution is -0.154. The van der Waals surface area contributed by atoms with Crippen molar-refractivity contribution in [3.63, 3.8) is 0 Å². The van der Waals surface area contributed by atoms with Gasteiger partial charge in [0.05, 0.1) is 18.0 Å². The first kappa shape index (κ1) is 14.9. The lowest BCUT2D eigenvalue weighted by atomic mass is 9.88. The number of fused-ring (bicyclic) bond motifs is 5. The number of benzene rings is 1. The van der Waals surface area contributed by atoms with Gasteiger partial charge in [-0.1, -0.05) is 12.1 Å². The maximum atomic E-state index is 13.0. The van der Waals surface area contributed by atoms with Crippen LogP contribution in [-0.4, -0.2) is 55.1 Å². The summed E-state index contributed by atoms with van der Waals surface area (Å²) in [6.07, 6.45) is 0. The standard InChI is InChI=1S/C16H18N4O4/c1-4-24-15(23)16-11-12(14(22)18(2)13(11)21)17-20(16)10-8-6-5-7-9(10)19(16)3/h5-8,11-12,17H,4H2,1-3H3/t11-,12+,16-/m0/s1. The van der Waals surface area contributed by atoms with E-state index in [1.165, 1.54) is 7.05 Å². The third-order valence-electron chi connectivity index (χ3n) is 5.14. The Balaban J connectivity index is 1.93. The maximum Gasteiger partial charge on any atom is 0.355 e. The van der Waals surface area contributed by atoms with E-state index in [1.807, 2.05) is 24.3 Å². The Morgan fingerprint density at radius 1 is 1.21 bits per heavy atom.